The molecule has 1 fully saturated rings. The topological polar surface area (TPSA) is 112 Å². The molecule has 1 amide bonds. The molecule has 1 atom stereocenters. The SMILES string of the molecule is CCOC(=O)Nc1cc(C2CNCCS2)nc(=N)n1O. The van der Waals surface area contributed by atoms with Gasteiger partial charge in [-0.05, 0) is 6.92 Å². The molecule has 1 aliphatic rings. The zero-order valence-electron chi connectivity index (χ0n) is 11.0. The van der Waals surface area contributed by atoms with Crippen LogP contribution in [-0.2, 0) is 4.74 Å². The number of ether oxygens (including phenoxy) is 1. The summed E-state index contributed by atoms with van der Waals surface area (Å²) >= 11 is 1.73. The van der Waals surface area contributed by atoms with Gasteiger partial charge in [0.15, 0.2) is 5.82 Å². The number of anilines is 1. The Hall–Kier alpha value is -1.74. The maximum atomic E-state index is 11.4. The molecule has 2 rings (SSSR count). The molecule has 0 aliphatic carbocycles. The van der Waals surface area contributed by atoms with Gasteiger partial charge in [-0.1, -0.05) is 0 Å². The van der Waals surface area contributed by atoms with Crippen LogP contribution in [0.4, 0.5) is 10.6 Å². The first kappa shape index (κ1) is 14.7. The fourth-order valence-electron chi connectivity index (χ4n) is 1.80. The summed E-state index contributed by atoms with van der Waals surface area (Å²) in [5.41, 5.74) is 0.310. The summed E-state index contributed by atoms with van der Waals surface area (Å²) in [5, 5.41) is 23.1. The molecule has 110 valence electrons. The predicted octanol–water partition coefficient (Wildman–Crippen LogP) is 0.546. The van der Waals surface area contributed by atoms with Crippen LogP contribution in [0.3, 0.4) is 0 Å². The summed E-state index contributed by atoms with van der Waals surface area (Å²) in [6.07, 6.45) is -0.679. The predicted molar refractivity (Wildman–Crippen MR) is 74.0 cm³/mol. The molecule has 1 aromatic heterocycles. The average molecular weight is 299 g/mol. The normalized spacial score (nSPS) is 18.6. The van der Waals surface area contributed by atoms with Crippen LogP contribution in [0.25, 0.3) is 0 Å². The third kappa shape index (κ3) is 3.42. The van der Waals surface area contributed by atoms with Gasteiger partial charge in [-0.15, -0.1) is 16.5 Å². The molecule has 1 aromatic rings. The minimum absolute atomic E-state index is 0.0737. The number of nitrogens with zero attached hydrogens (tertiary/aromatic N) is 2. The van der Waals surface area contributed by atoms with Gasteiger partial charge in [0.2, 0.25) is 0 Å². The van der Waals surface area contributed by atoms with Crippen molar-refractivity contribution in [3.8, 4) is 0 Å². The molecule has 1 saturated heterocycles. The lowest BCUT2D eigenvalue weighted by Gasteiger charge is -2.22. The number of aromatic nitrogens is 2. The summed E-state index contributed by atoms with van der Waals surface area (Å²) in [5.74, 6) is 1.03. The minimum Gasteiger partial charge on any atom is -0.450 e. The zero-order chi connectivity index (χ0) is 14.5. The third-order valence-electron chi connectivity index (χ3n) is 2.71. The lowest BCUT2D eigenvalue weighted by atomic mass is 10.2. The largest absolute Gasteiger partial charge is 0.450 e. The van der Waals surface area contributed by atoms with Crippen LogP contribution in [0, 0.1) is 5.41 Å². The van der Waals surface area contributed by atoms with Crippen molar-refractivity contribution in [3.63, 3.8) is 0 Å². The van der Waals surface area contributed by atoms with Crippen LogP contribution in [0.1, 0.15) is 17.9 Å². The van der Waals surface area contributed by atoms with Gasteiger partial charge >= 0.3 is 6.09 Å². The highest BCUT2D eigenvalue weighted by Crippen LogP contribution is 2.29. The number of thioether (sulfide) groups is 1. The van der Waals surface area contributed by atoms with Gasteiger partial charge in [0.05, 0.1) is 17.6 Å². The van der Waals surface area contributed by atoms with Gasteiger partial charge < -0.3 is 15.3 Å². The van der Waals surface area contributed by atoms with E-state index < -0.39 is 6.09 Å². The summed E-state index contributed by atoms with van der Waals surface area (Å²) in [7, 11) is 0. The van der Waals surface area contributed by atoms with Crippen LogP contribution in [0.15, 0.2) is 6.07 Å². The second-order valence-electron chi connectivity index (χ2n) is 4.11. The van der Waals surface area contributed by atoms with Gasteiger partial charge in [-0.25, -0.2) is 9.78 Å². The summed E-state index contributed by atoms with van der Waals surface area (Å²) < 4.78 is 5.27. The van der Waals surface area contributed by atoms with E-state index in [0.29, 0.717) is 10.4 Å². The molecule has 8 nitrogen and oxygen atoms in total. The van der Waals surface area contributed by atoms with E-state index in [0.717, 1.165) is 18.8 Å². The lowest BCUT2D eigenvalue weighted by molar-refractivity contribution is 0.158. The van der Waals surface area contributed by atoms with Crippen LogP contribution in [0.5, 0.6) is 0 Å². The van der Waals surface area contributed by atoms with Crippen molar-refractivity contribution in [1.29, 1.82) is 5.41 Å². The van der Waals surface area contributed by atoms with Gasteiger partial charge in [-0.3, -0.25) is 10.7 Å². The van der Waals surface area contributed by atoms with E-state index in [1.54, 1.807) is 24.8 Å². The molecule has 0 spiro atoms. The van der Waals surface area contributed by atoms with E-state index in [1.165, 1.54) is 0 Å². The Labute approximate surface area is 120 Å². The van der Waals surface area contributed by atoms with E-state index in [1.807, 2.05) is 0 Å². The van der Waals surface area contributed by atoms with E-state index in [2.05, 4.69) is 15.6 Å². The maximum Gasteiger partial charge on any atom is 0.412 e. The van der Waals surface area contributed by atoms with Crippen molar-refractivity contribution < 1.29 is 14.7 Å². The van der Waals surface area contributed by atoms with E-state index in [9.17, 15) is 10.0 Å². The smallest absolute Gasteiger partial charge is 0.412 e. The van der Waals surface area contributed by atoms with Crippen molar-refractivity contribution in [1.82, 2.24) is 15.0 Å². The van der Waals surface area contributed by atoms with E-state index >= 15 is 0 Å². The highest BCUT2D eigenvalue weighted by molar-refractivity contribution is 7.99. The van der Waals surface area contributed by atoms with Crippen molar-refractivity contribution in [3.05, 3.63) is 17.4 Å². The Morgan fingerprint density at radius 1 is 1.80 bits per heavy atom. The molecular weight excluding hydrogens is 282 g/mol. The molecule has 1 unspecified atom stereocenters. The number of rotatable bonds is 3. The second-order valence-corrected chi connectivity index (χ2v) is 5.42. The second kappa shape index (κ2) is 6.62. The Morgan fingerprint density at radius 2 is 2.60 bits per heavy atom. The number of carbonyl (C=O) groups excluding carboxylic acids is 1. The molecule has 0 saturated carbocycles. The molecule has 9 heteroatoms. The Morgan fingerprint density at radius 3 is 3.25 bits per heavy atom. The average Bonchev–Trinajstić information content (AvgIpc) is 2.45. The fourth-order valence-corrected chi connectivity index (χ4v) is 2.87. The molecule has 0 bridgehead atoms. The minimum atomic E-state index is -0.679. The van der Waals surface area contributed by atoms with E-state index in [-0.39, 0.29) is 23.3 Å². The first-order chi connectivity index (χ1) is 9.61. The van der Waals surface area contributed by atoms with Crippen LogP contribution < -0.4 is 16.3 Å². The van der Waals surface area contributed by atoms with Gasteiger partial charge in [0.25, 0.3) is 5.62 Å². The van der Waals surface area contributed by atoms with Crippen LogP contribution in [0.2, 0.25) is 0 Å². The highest BCUT2D eigenvalue weighted by atomic mass is 32.2. The quantitative estimate of drug-likeness (QED) is 0.606. The standard InChI is InChI=1S/C11H17N5O3S/c1-2-19-11(17)15-9-5-7(14-10(12)16(9)18)8-6-13-3-4-20-8/h5,8,12-13,18H,2-4,6H2,1H3,(H,15,17). The number of hydrogen-bond donors (Lipinski definition) is 4. The summed E-state index contributed by atoms with van der Waals surface area (Å²) in [6.45, 7) is 3.59. The highest BCUT2D eigenvalue weighted by Gasteiger charge is 2.19. The molecule has 2 heterocycles. The molecule has 20 heavy (non-hydrogen) atoms. The maximum absolute atomic E-state index is 11.4. The van der Waals surface area contributed by atoms with Gasteiger partial charge in [0, 0.05) is 24.9 Å². The zero-order valence-corrected chi connectivity index (χ0v) is 11.9. The monoisotopic (exact) mass is 299 g/mol. The summed E-state index contributed by atoms with van der Waals surface area (Å²) in [6, 6.07) is 1.56. The molecular formula is C11H17N5O3S. The van der Waals surface area contributed by atoms with Crippen molar-refractivity contribution >= 4 is 23.7 Å². The Balaban J connectivity index is 2.24. The van der Waals surface area contributed by atoms with Gasteiger partial charge in [0.1, 0.15) is 0 Å². The third-order valence-corrected chi connectivity index (χ3v) is 3.96. The first-order valence-electron chi connectivity index (χ1n) is 6.25. The lowest BCUT2D eigenvalue weighted by Crippen LogP contribution is -2.32. The van der Waals surface area contributed by atoms with Crippen molar-refractivity contribution in [2.75, 3.05) is 30.8 Å². The van der Waals surface area contributed by atoms with Crippen LogP contribution in [-0.4, -0.2) is 46.5 Å². The first-order valence-corrected chi connectivity index (χ1v) is 7.30. The number of nitrogens with one attached hydrogen (secondary N) is 3. The van der Waals surface area contributed by atoms with E-state index in [4.69, 9.17) is 10.1 Å². The Bertz CT molecular complexity index is 541. The number of hydrogen-bond acceptors (Lipinski definition) is 7. The Kier molecular flexibility index (Phi) is 4.85. The summed E-state index contributed by atoms with van der Waals surface area (Å²) in [4.78, 5) is 15.4. The fraction of sp³-hybridized carbons (Fsp3) is 0.545. The number of amides is 1. The molecule has 4 N–H and O–H groups in total. The molecule has 0 radical (unpaired) electrons. The van der Waals surface area contributed by atoms with Crippen molar-refractivity contribution in [2.24, 2.45) is 0 Å². The van der Waals surface area contributed by atoms with Crippen LogP contribution >= 0.6 is 11.8 Å². The molecule has 1 aliphatic heterocycles. The van der Waals surface area contributed by atoms with Crippen molar-refractivity contribution in [2.45, 2.75) is 12.2 Å². The number of carbonyl (C=O) groups is 1. The molecule has 0 aromatic carbocycles. The van der Waals surface area contributed by atoms with Gasteiger partial charge in [-0.2, -0.15) is 0 Å².